The predicted molar refractivity (Wildman–Crippen MR) is 180 cm³/mol. The molecular weight excluding hydrogens is 634 g/mol. The van der Waals surface area contributed by atoms with E-state index < -0.39 is 72.6 Å². The van der Waals surface area contributed by atoms with Crippen molar-refractivity contribution in [1.82, 2.24) is 31.2 Å². The van der Waals surface area contributed by atoms with E-state index in [4.69, 9.17) is 4.74 Å². The van der Waals surface area contributed by atoms with Crippen LogP contribution in [-0.4, -0.2) is 133 Å². The zero-order chi connectivity index (χ0) is 35.7. The van der Waals surface area contributed by atoms with Crippen LogP contribution in [0.25, 0.3) is 10.9 Å². The van der Waals surface area contributed by atoms with Crippen molar-refractivity contribution < 1.29 is 43.1 Å². The van der Waals surface area contributed by atoms with E-state index in [1.807, 2.05) is 24.3 Å². The van der Waals surface area contributed by atoms with E-state index in [0.717, 1.165) is 41.4 Å². The predicted octanol–water partition coefficient (Wildman–Crippen LogP) is -0.101. The maximum absolute atomic E-state index is 14.2. The number of unbranched alkanes of at least 4 members (excludes halogenated alkanes) is 1. The molecule has 15 heteroatoms. The number of morpholine rings is 1. The quantitative estimate of drug-likeness (QED) is 0.147. The Morgan fingerprint density at radius 1 is 0.959 bits per heavy atom. The summed E-state index contributed by atoms with van der Waals surface area (Å²) >= 11 is 0. The molecule has 2 aliphatic rings. The molecule has 2 aliphatic heterocycles. The highest BCUT2D eigenvalue weighted by molar-refractivity contribution is 5.98. The third kappa shape index (κ3) is 10.0. The average Bonchev–Trinajstić information content (AvgIpc) is 3.46. The van der Waals surface area contributed by atoms with E-state index in [1.54, 1.807) is 20.0 Å². The van der Waals surface area contributed by atoms with E-state index in [0.29, 0.717) is 31.6 Å². The van der Waals surface area contributed by atoms with Gasteiger partial charge in [0.2, 0.25) is 29.5 Å². The number of amides is 5. The largest absolute Gasteiger partial charge is 0.481 e. The standard InChI is InChI=1S/C34H49N7O8/c1-21(2)30-33(47)38-25(11-7-8-12-41(4)13-15-49-16-14-41)31(45)36-20-28(42)37-26(18-29(43)44)32(46)39-27(34(48)40(30)3)17-22-19-35-24-10-6-5-9-23(22)24/h5-6,9-10,19,21,25-27,30,35H,7-8,11-18,20H2,1-4H3,(H4-,36,37,38,39,42,43,44,45,46,47)/p+1/t25?,26?,27-,30+/m1/s1. The minimum Gasteiger partial charge on any atom is -0.481 e. The van der Waals surface area contributed by atoms with Crippen LogP contribution in [0.4, 0.5) is 0 Å². The number of aliphatic carboxylic acids is 1. The lowest BCUT2D eigenvalue weighted by Gasteiger charge is -2.37. The van der Waals surface area contributed by atoms with Crippen molar-refractivity contribution in [3.8, 4) is 0 Å². The fourth-order valence-corrected chi connectivity index (χ4v) is 6.60. The molecule has 0 spiro atoms. The summed E-state index contributed by atoms with van der Waals surface area (Å²) in [4.78, 5) is 84.1. The number of fused-ring (bicyclic) bond motifs is 1. The molecule has 1 aromatic carbocycles. The number of nitrogens with one attached hydrogen (secondary N) is 5. The average molecular weight is 685 g/mol. The van der Waals surface area contributed by atoms with Gasteiger partial charge < -0.3 is 45.5 Å². The molecular formula is C34H50N7O8+. The van der Waals surface area contributed by atoms with E-state index in [1.165, 1.54) is 11.9 Å². The van der Waals surface area contributed by atoms with Gasteiger partial charge in [-0.05, 0) is 36.8 Å². The summed E-state index contributed by atoms with van der Waals surface area (Å²) < 4.78 is 6.35. The number of benzene rings is 1. The minimum absolute atomic E-state index is 0.0192. The molecule has 4 rings (SSSR count). The van der Waals surface area contributed by atoms with E-state index in [9.17, 15) is 33.9 Å². The lowest BCUT2D eigenvalue weighted by Crippen LogP contribution is -2.59. The van der Waals surface area contributed by atoms with Crippen molar-refractivity contribution in [2.24, 2.45) is 5.92 Å². The van der Waals surface area contributed by atoms with Crippen LogP contribution < -0.4 is 21.3 Å². The number of carbonyl (C=O) groups is 6. The molecule has 6 N–H and O–H groups in total. The Hall–Kier alpha value is -4.50. The first-order valence-corrected chi connectivity index (χ1v) is 16.9. The summed E-state index contributed by atoms with van der Waals surface area (Å²) in [5.74, 6) is -5.14. The Morgan fingerprint density at radius 2 is 1.65 bits per heavy atom. The lowest BCUT2D eigenvalue weighted by molar-refractivity contribution is -0.917. The van der Waals surface area contributed by atoms with Gasteiger partial charge in [0.15, 0.2) is 0 Å². The summed E-state index contributed by atoms with van der Waals surface area (Å²) in [5, 5.41) is 20.8. The number of carbonyl (C=O) groups excluding carboxylic acids is 5. The molecule has 1 aromatic heterocycles. The maximum Gasteiger partial charge on any atom is 0.305 e. The number of nitrogens with zero attached hydrogens (tertiary/aromatic N) is 2. The number of carboxylic acid groups (broad SMARTS) is 1. The van der Waals surface area contributed by atoms with Gasteiger partial charge in [0.25, 0.3) is 0 Å². The van der Waals surface area contributed by atoms with Crippen molar-refractivity contribution >= 4 is 46.4 Å². The Balaban J connectivity index is 1.62. The van der Waals surface area contributed by atoms with Gasteiger partial charge in [0.05, 0.1) is 39.8 Å². The van der Waals surface area contributed by atoms with E-state index >= 15 is 0 Å². The second-order valence-electron chi connectivity index (χ2n) is 13.7. The molecule has 2 fully saturated rings. The van der Waals surface area contributed by atoms with Crippen LogP contribution in [0.2, 0.25) is 0 Å². The van der Waals surface area contributed by atoms with Gasteiger partial charge in [-0.2, -0.15) is 0 Å². The van der Waals surface area contributed by atoms with Crippen molar-refractivity contribution in [2.75, 3.05) is 53.5 Å². The fraction of sp³-hybridized carbons (Fsp3) is 0.588. The second-order valence-corrected chi connectivity index (χ2v) is 13.7. The third-order valence-electron chi connectivity index (χ3n) is 9.46. The monoisotopic (exact) mass is 684 g/mol. The van der Waals surface area contributed by atoms with Crippen LogP contribution in [0.1, 0.15) is 45.1 Å². The zero-order valence-corrected chi connectivity index (χ0v) is 28.8. The number of H-pyrrole nitrogens is 1. The second kappa shape index (κ2) is 16.7. The van der Waals surface area contributed by atoms with Crippen molar-refractivity contribution in [3.05, 3.63) is 36.0 Å². The Kier molecular flexibility index (Phi) is 12.8. The molecule has 2 unspecified atom stereocenters. The Bertz CT molecular complexity index is 1520. The van der Waals surface area contributed by atoms with Crippen molar-refractivity contribution in [1.29, 1.82) is 0 Å². The number of hydrogen-bond acceptors (Lipinski definition) is 7. The highest BCUT2D eigenvalue weighted by atomic mass is 16.5. The normalized spacial score (nSPS) is 24.4. The summed E-state index contributed by atoms with van der Waals surface area (Å²) in [6.45, 7) is 7.07. The minimum atomic E-state index is -1.53. The van der Waals surface area contributed by atoms with Gasteiger partial charge in [-0.15, -0.1) is 0 Å². The van der Waals surface area contributed by atoms with Crippen LogP contribution in [-0.2, 0) is 39.9 Å². The summed E-state index contributed by atoms with van der Waals surface area (Å²) in [5.41, 5.74) is 1.54. The molecule has 3 heterocycles. The lowest BCUT2D eigenvalue weighted by atomic mass is 9.98. The van der Waals surface area contributed by atoms with Gasteiger partial charge >= 0.3 is 5.97 Å². The molecule has 15 nitrogen and oxygen atoms in total. The van der Waals surface area contributed by atoms with E-state index in [2.05, 4.69) is 33.3 Å². The number of carboxylic acids is 1. The number of likely N-dealkylation sites (N-methyl/N-ethyl adjacent to an activating group) is 2. The van der Waals surface area contributed by atoms with Gasteiger partial charge in [-0.1, -0.05) is 32.0 Å². The highest BCUT2D eigenvalue weighted by Crippen LogP contribution is 2.21. The molecule has 0 bridgehead atoms. The Morgan fingerprint density at radius 3 is 2.35 bits per heavy atom. The van der Waals surface area contributed by atoms with E-state index in [-0.39, 0.29) is 12.3 Å². The number of hydrogen-bond donors (Lipinski definition) is 6. The van der Waals surface area contributed by atoms with Crippen LogP contribution in [0.3, 0.4) is 0 Å². The molecule has 0 aliphatic carbocycles. The van der Waals surface area contributed by atoms with Gasteiger partial charge in [-0.3, -0.25) is 28.8 Å². The third-order valence-corrected chi connectivity index (χ3v) is 9.46. The molecule has 0 radical (unpaired) electrons. The summed E-state index contributed by atoms with van der Waals surface area (Å²) in [7, 11) is 3.64. The first-order valence-electron chi connectivity index (χ1n) is 16.9. The molecule has 49 heavy (non-hydrogen) atoms. The number of aromatic amines is 1. The number of para-hydroxylation sites is 1. The number of quaternary nitrogens is 1. The smallest absolute Gasteiger partial charge is 0.305 e. The molecule has 4 atom stereocenters. The Labute approximate surface area is 286 Å². The van der Waals surface area contributed by atoms with Crippen molar-refractivity contribution in [2.45, 2.75) is 70.1 Å². The topological polar surface area (TPSA) is 199 Å². The molecule has 0 saturated carbocycles. The summed E-state index contributed by atoms with van der Waals surface area (Å²) in [6.07, 6.45) is 2.70. The first-order chi connectivity index (χ1) is 23.3. The maximum atomic E-state index is 14.2. The molecule has 2 aromatic rings. The fourth-order valence-electron chi connectivity index (χ4n) is 6.60. The highest BCUT2D eigenvalue weighted by Gasteiger charge is 2.38. The SMILES string of the molecule is CC(C)[C@H]1C(=O)NC(CCCC[N+]2(C)CCOCC2)C(=O)NCC(=O)NC(CC(=O)O)C(=O)N[C@H](Cc2c[nH]c3ccccc23)C(=O)N1C. The number of aromatic nitrogens is 1. The van der Waals surface area contributed by atoms with Gasteiger partial charge in [0, 0.05) is 30.6 Å². The molecule has 5 amide bonds. The molecule has 2 saturated heterocycles. The van der Waals surface area contributed by atoms with Crippen LogP contribution in [0, 0.1) is 5.92 Å². The van der Waals surface area contributed by atoms with Crippen LogP contribution in [0.5, 0.6) is 0 Å². The number of rotatable bonds is 10. The van der Waals surface area contributed by atoms with Crippen LogP contribution >= 0.6 is 0 Å². The van der Waals surface area contributed by atoms with Gasteiger partial charge in [-0.25, -0.2) is 0 Å². The summed E-state index contributed by atoms with van der Waals surface area (Å²) in [6, 6.07) is 2.68. The molecule has 268 valence electrons. The first kappa shape index (κ1) is 37.3. The number of ether oxygens (including phenoxy) is 1. The van der Waals surface area contributed by atoms with Gasteiger partial charge in [0.1, 0.15) is 37.3 Å². The zero-order valence-electron chi connectivity index (χ0n) is 28.8. The van der Waals surface area contributed by atoms with Crippen molar-refractivity contribution in [3.63, 3.8) is 0 Å². The van der Waals surface area contributed by atoms with Crippen LogP contribution in [0.15, 0.2) is 30.5 Å².